The van der Waals surface area contributed by atoms with E-state index in [1.165, 1.54) is 12.4 Å². The summed E-state index contributed by atoms with van der Waals surface area (Å²) >= 11 is 12.1. The molecule has 0 aliphatic heterocycles. The number of rotatable bonds is 5. The molecule has 0 aliphatic rings. The molecule has 0 saturated heterocycles. The summed E-state index contributed by atoms with van der Waals surface area (Å²) < 4.78 is 1.79. The van der Waals surface area contributed by atoms with Gasteiger partial charge in [0.25, 0.3) is 0 Å². The third-order valence-electron chi connectivity index (χ3n) is 4.34. The number of carbonyl (C=O) groups is 1. The van der Waals surface area contributed by atoms with E-state index in [2.05, 4.69) is 9.97 Å². The van der Waals surface area contributed by atoms with Crippen molar-refractivity contribution in [1.82, 2.24) is 14.5 Å². The molecule has 2 aromatic heterocycles. The molecule has 0 fully saturated rings. The van der Waals surface area contributed by atoms with Crippen LogP contribution in [0.4, 0.5) is 0 Å². The lowest BCUT2D eigenvalue weighted by Crippen LogP contribution is -2.23. The van der Waals surface area contributed by atoms with E-state index in [0.717, 1.165) is 11.4 Å². The van der Waals surface area contributed by atoms with Crippen molar-refractivity contribution in [2.45, 2.75) is 26.8 Å². The topological polar surface area (TPSA) is 85.1 Å². The summed E-state index contributed by atoms with van der Waals surface area (Å²) in [5.41, 5.74) is 2.12. The third-order valence-corrected chi connectivity index (χ3v) is 5.08. The number of aryl methyl sites for hydroxylation is 1. The maximum absolute atomic E-state index is 12.7. The molecule has 0 bridgehead atoms. The Morgan fingerprint density at radius 1 is 1.14 bits per heavy atom. The summed E-state index contributed by atoms with van der Waals surface area (Å²) in [4.78, 5) is 32.8. The van der Waals surface area contributed by atoms with Crippen LogP contribution in [-0.2, 0) is 13.0 Å². The number of halogens is 2. The standard InChI is InChI=1S/C20H17Cl2N3O3/c1-3-25-14(8-13-6-11(2)23-10-24-13)9-17(26)18(20(27)28)19(25)12-4-5-15(21)16(22)7-12/h4-7,9-10H,3,8H2,1-2H3,(H,27,28). The number of carboxylic acid groups (broad SMARTS) is 1. The number of hydrogen-bond donors (Lipinski definition) is 1. The van der Waals surface area contributed by atoms with Crippen LogP contribution >= 0.6 is 23.2 Å². The predicted octanol–water partition coefficient (Wildman–Crippen LogP) is 4.23. The molecule has 2 heterocycles. The lowest BCUT2D eigenvalue weighted by molar-refractivity contribution is 0.0695. The fourth-order valence-corrected chi connectivity index (χ4v) is 3.44. The normalized spacial score (nSPS) is 10.9. The van der Waals surface area contributed by atoms with Crippen molar-refractivity contribution < 1.29 is 9.90 Å². The lowest BCUT2D eigenvalue weighted by Gasteiger charge is -2.20. The Hall–Kier alpha value is -2.70. The van der Waals surface area contributed by atoms with E-state index >= 15 is 0 Å². The van der Waals surface area contributed by atoms with E-state index in [0.29, 0.717) is 34.9 Å². The zero-order valence-corrected chi connectivity index (χ0v) is 16.8. The van der Waals surface area contributed by atoms with Gasteiger partial charge < -0.3 is 9.67 Å². The minimum absolute atomic E-state index is 0.280. The van der Waals surface area contributed by atoms with E-state index < -0.39 is 11.4 Å². The van der Waals surface area contributed by atoms with Crippen LogP contribution in [0.25, 0.3) is 11.3 Å². The molecule has 0 amide bonds. The van der Waals surface area contributed by atoms with E-state index in [4.69, 9.17) is 23.2 Å². The van der Waals surface area contributed by atoms with Gasteiger partial charge in [-0.15, -0.1) is 0 Å². The molecule has 28 heavy (non-hydrogen) atoms. The average molecular weight is 418 g/mol. The van der Waals surface area contributed by atoms with Crippen LogP contribution < -0.4 is 5.43 Å². The van der Waals surface area contributed by atoms with Crippen molar-refractivity contribution in [1.29, 1.82) is 0 Å². The summed E-state index contributed by atoms with van der Waals surface area (Å²) in [6, 6.07) is 7.98. The molecule has 0 atom stereocenters. The molecule has 1 aromatic carbocycles. The monoisotopic (exact) mass is 417 g/mol. The number of nitrogens with zero attached hydrogens (tertiary/aromatic N) is 3. The quantitative estimate of drug-likeness (QED) is 0.671. The average Bonchev–Trinajstić information content (AvgIpc) is 2.63. The Morgan fingerprint density at radius 2 is 1.89 bits per heavy atom. The molecular formula is C20H17Cl2N3O3. The molecule has 3 aromatic rings. The van der Waals surface area contributed by atoms with Crippen LogP contribution in [0.5, 0.6) is 0 Å². The highest BCUT2D eigenvalue weighted by molar-refractivity contribution is 6.42. The van der Waals surface area contributed by atoms with Crippen LogP contribution in [0.2, 0.25) is 10.0 Å². The molecule has 6 nitrogen and oxygen atoms in total. The van der Waals surface area contributed by atoms with Gasteiger partial charge in [0.2, 0.25) is 0 Å². The maximum Gasteiger partial charge on any atom is 0.341 e. The molecular weight excluding hydrogens is 401 g/mol. The second-order valence-corrected chi connectivity index (χ2v) is 7.04. The Labute approximate surface area is 171 Å². The first-order chi connectivity index (χ1) is 13.3. The minimum Gasteiger partial charge on any atom is -0.477 e. The van der Waals surface area contributed by atoms with E-state index in [1.54, 1.807) is 22.8 Å². The second-order valence-electron chi connectivity index (χ2n) is 6.23. The Morgan fingerprint density at radius 3 is 2.50 bits per heavy atom. The molecule has 0 unspecified atom stereocenters. The zero-order chi connectivity index (χ0) is 20.4. The van der Waals surface area contributed by atoms with Crippen LogP contribution in [0, 0.1) is 6.92 Å². The Kier molecular flexibility index (Phi) is 5.82. The summed E-state index contributed by atoms with van der Waals surface area (Å²) in [5.74, 6) is -1.29. The number of aromatic carboxylic acids is 1. The van der Waals surface area contributed by atoms with E-state index in [1.807, 2.05) is 19.9 Å². The number of carboxylic acids is 1. The molecule has 0 spiro atoms. The van der Waals surface area contributed by atoms with Gasteiger partial charge in [0.05, 0.1) is 15.7 Å². The fourth-order valence-electron chi connectivity index (χ4n) is 3.15. The first kappa shape index (κ1) is 20.0. The SMILES string of the molecule is CCn1c(Cc2cc(C)ncn2)cc(=O)c(C(=O)O)c1-c1ccc(Cl)c(Cl)c1. The van der Waals surface area contributed by atoms with Crippen LogP contribution in [0.3, 0.4) is 0 Å². The summed E-state index contributed by atoms with van der Waals surface area (Å²) in [7, 11) is 0. The van der Waals surface area contributed by atoms with E-state index in [-0.39, 0.29) is 10.6 Å². The maximum atomic E-state index is 12.7. The molecule has 0 radical (unpaired) electrons. The largest absolute Gasteiger partial charge is 0.477 e. The number of hydrogen-bond acceptors (Lipinski definition) is 4. The predicted molar refractivity (Wildman–Crippen MR) is 108 cm³/mol. The van der Waals surface area contributed by atoms with Crippen LogP contribution in [-0.4, -0.2) is 25.6 Å². The number of aromatic nitrogens is 3. The fraction of sp³-hybridized carbons (Fsp3) is 0.200. The number of pyridine rings is 1. The molecule has 0 saturated carbocycles. The summed E-state index contributed by atoms with van der Waals surface area (Å²) in [6.45, 7) is 4.19. The molecule has 1 N–H and O–H groups in total. The van der Waals surface area contributed by atoms with Crippen molar-refractivity contribution in [3.63, 3.8) is 0 Å². The number of benzene rings is 1. The Bertz CT molecular complexity index is 1130. The molecule has 0 aliphatic carbocycles. The van der Waals surface area contributed by atoms with Gasteiger partial charge >= 0.3 is 5.97 Å². The van der Waals surface area contributed by atoms with Crippen molar-refractivity contribution >= 4 is 29.2 Å². The molecule has 144 valence electrons. The van der Waals surface area contributed by atoms with Crippen molar-refractivity contribution in [2.24, 2.45) is 0 Å². The lowest BCUT2D eigenvalue weighted by atomic mass is 10.0. The first-order valence-corrected chi connectivity index (χ1v) is 9.30. The van der Waals surface area contributed by atoms with Crippen molar-refractivity contribution in [3.8, 4) is 11.3 Å². The summed E-state index contributed by atoms with van der Waals surface area (Å²) in [5, 5.41) is 10.3. The zero-order valence-electron chi connectivity index (χ0n) is 15.2. The first-order valence-electron chi connectivity index (χ1n) is 8.54. The highest BCUT2D eigenvalue weighted by atomic mass is 35.5. The van der Waals surface area contributed by atoms with Gasteiger partial charge in [-0.1, -0.05) is 29.3 Å². The molecule has 3 rings (SSSR count). The molecule has 8 heteroatoms. The van der Waals surface area contributed by atoms with Crippen molar-refractivity contribution in [3.05, 3.63) is 79.6 Å². The van der Waals surface area contributed by atoms with Gasteiger partial charge in [0.15, 0.2) is 5.43 Å². The van der Waals surface area contributed by atoms with Gasteiger partial charge in [-0.3, -0.25) is 4.79 Å². The van der Waals surface area contributed by atoms with E-state index in [9.17, 15) is 14.7 Å². The van der Waals surface area contributed by atoms with Gasteiger partial charge in [0.1, 0.15) is 11.9 Å². The van der Waals surface area contributed by atoms with Gasteiger partial charge in [-0.25, -0.2) is 14.8 Å². The van der Waals surface area contributed by atoms with Crippen molar-refractivity contribution in [2.75, 3.05) is 0 Å². The highest BCUT2D eigenvalue weighted by Crippen LogP contribution is 2.30. The van der Waals surface area contributed by atoms with Crippen LogP contribution in [0.1, 0.15) is 34.4 Å². The smallest absolute Gasteiger partial charge is 0.341 e. The Balaban J connectivity index is 2.28. The van der Waals surface area contributed by atoms with Gasteiger partial charge in [-0.2, -0.15) is 0 Å². The second kappa shape index (κ2) is 8.12. The highest BCUT2D eigenvalue weighted by Gasteiger charge is 2.22. The minimum atomic E-state index is -1.29. The third kappa shape index (κ3) is 3.93. The van der Waals surface area contributed by atoms with Gasteiger partial charge in [-0.05, 0) is 32.0 Å². The summed E-state index contributed by atoms with van der Waals surface area (Å²) in [6.07, 6.45) is 1.82. The van der Waals surface area contributed by atoms with Crippen LogP contribution in [0.15, 0.2) is 41.5 Å². The van der Waals surface area contributed by atoms with Gasteiger partial charge in [0, 0.05) is 41.7 Å².